The number of piperidine rings is 1. The van der Waals surface area contributed by atoms with Crippen LogP contribution in [0.1, 0.15) is 18.4 Å². The number of hydrogen-bond donors (Lipinski definition) is 2. The number of fused-ring (bicyclic) bond motifs is 1. The molecule has 152 valence electrons. The van der Waals surface area contributed by atoms with Crippen molar-refractivity contribution in [1.29, 1.82) is 0 Å². The van der Waals surface area contributed by atoms with E-state index in [1.165, 1.54) is 0 Å². The zero-order valence-corrected chi connectivity index (χ0v) is 16.8. The van der Waals surface area contributed by atoms with Crippen LogP contribution in [-0.2, 0) is 6.61 Å². The van der Waals surface area contributed by atoms with Crippen LogP contribution in [0.25, 0.3) is 22.6 Å². The minimum absolute atomic E-state index is 0.307. The number of anilines is 1. The van der Waals surface area contributed by atoms with Crippen LogP contribution in [0.3, 0.4) is 0 Å². The first-order valence-electron chi connectivity index (χ1n) is 10.4. The molecule has 1 aliphatic rings. The van der Waals surface area contributed by atoms with Crippen molar-refractivity contribution in [3.05, 3.63) is 72.3 Å². The number of pyridine rings is 1. The molecule has 1 aliphatic heterocycles. The molecule has 1 fully saturated rings. The Morgan fingerprint density at radius 2 is 1.70 bits per heavy atom. The molecule has 0 bridgehead atoms. The molecular formula is C24H25N5O. The molecule has 3 N–H and O–H groups in total. The first kappa shape index (κ1) is 18.6. The van der Waals surface area contributed by atoms with Gasteiger partial charge in [0.1, 0.15) is 24.0 Å². The lowest BCUT2D eigenvalue weighted by Gasteiger charge is -2.30. The number of ether oxygens (including phenoxy) is 1. The predicted octanol–water partition coefficient (Wildman–Crippen LogP) is 4.13. The van der Waals surface area contributed by atoms with Crippen LogP contribution < -0.4 is 15.4 Å². The van der Waals surface area contributed by atoms with Gasteiger partial charge >= 0.3 is 0 Å². The van der Waals surface area contributed by atoms with Crippen molar-refractivity contribution < 1.29 is 4.74 Å². The summed E-state index contributed by atoms with van der Waals surface area (Å²) in [7, 11) is 0. The number of nitrogens with zero attached hydrogens (tertiary/aromatic N) is 3. The van der Waals surface area contributed by atoms with Gasteiger partial charge in [0.2, 0.25) is 0 Å². The minimum Gasteiger partial charge on any atom is -0.489 e. The molecule has 30 heavy (non-hydrogen) atoms. The highest BCUT2D eigenvalue weighted by molar-refractivity contribution is 5.77. The van der Waals surface area contributed by atoms with Crippen molar-refractivity contribution in [3.63, 3.8) is 0 Å². The highest BCUT2D eigenvalue weighted by atomic mass is 16.5. The molecule has 4 aromatic rings. The number of benzene rings is 2. The number of aromatic nitrogens is 3. The van der Waals surface area contributed by atoms with Crippen LogP contribution in [-0.4, -0.2) is 34.1 Å². The van der Waals surface area contributed by atoms with Crippen molar-refractivity contribution in [2.45, 2.75) is 25.5 Å². The number of aromatic amines is 1. The van der Waals surface area contributed by atoms with E-state index >= 15 is 0 Å². The van der Waals surface area contributed by atoms with Gasteiger partial charge in [-0.2, -0.15) is 0 Å². The minimum atomic E-state index is 0.307. The van der Waals surface area contributed by atoms with Gasteiger partial charge < -0.3 is 20.4 Å². The molecule has 0 atom stereocenters. The molecule has 5 rings (SSSR count). The van der Waals surface area contributed by atoms with E-state index in [0.29, 0.717) is 12.6 Å². The third-order valence-electron chi connectivity index (χ3n) is 5.57. The van der Waals surface area contributed by atoms with Crippen molar-refractivity contribution >= 4 is 17.0 Å². The third-order valence-corrected chi connectivity index (χ3v) is 5.57. The maximum atomic E-state index is 6.02. The second-order valence-corrected chi connectivity index (χ2v) is 7.75. The highest BCUT2D eigenvalue weighted by Gasteiger charge is 2.18. The molecule has 3 heterocycles. The van der Waals surface area contributed by atoms with E-state index in [-0.39, 0.29) is 0 Å². The molecule has 2 aromatic heterocycles. The van der Waals surface area contributed by atoms with Gasteiger partial charge in [0.15, 0.2) is 5.65 Å². The third kappa shape index (κ3) is 4.00. The molecule has 6 heteroatoms. The number of hydrogen-bond acceptors (Lipinski definition) is 5. The van der Waals surface area contributed by atoms with Crippen LogP contribution in [0.2, 0.25) is 0 Å². The number of nitrogens with one attached hydrogen (secondary N) is 1. The van der Waals surface area contributed by atoms with Crippen molar-refractivity contribution in [2.75, 3.05) is 18.0 Å². The number of H-pyrrole nitrogens is 1. The molecule has 0 amide bonds. The summed E-state index contributed by atoms with van der Waals surface area (Å²) in [4.78, 5) is 15.1. The normalized spacial score (nSPS) is 14.9. The first-order chi connectivity index (χ1) is 14.7. The molecular weight excluding hydrogens is 374 g/mol. The Morgan fingerprint density at radius 1 is 0.933 bits per heavy atom. The van der Waals surface area contributed by atoms with Gasteiger partial charge in [-0.3, -0.25) is 0 Å². The lowest BCUT2D eigenvalue weighted by atomic mass is 10.1. The van der Waals surface area contributed by atoms with Crippen LogP contribution in [0, 0.1) is 0 Å². The maximum Gasteiger partial charge on any atom is 0.180 e. The van der Waals surface area contributed by atoms with Gasteiger partial charge in [0.05, 0.1) is 5.52 Å². The zero-order chi connectivity index (χ0) is 20.3. The van der Waals surface area contributed by atoms with E-state index in [1.54, 1.807) is 0 Å². The van der Waals surface area contributed by atoms with Gasteiger partial charge in [-0.1, -0.05) is 30.3 Å². The van der Waals surface area contributed by atoms with E-state index in [9.17, 15) is 0 Å². The molecule has 6 nitrogen and oxygen atoms in total. The fourth-order valence-electron chi connectivity index (χ4n) is 3.77. The Bertz CT molecular complexity index is 1120. The largest absolute Gasteiger partial charge is 0.489 e. The van der Waals surface area contributed by atoms with Gasteiger partial charge in [-0.05, 0) is 54.8 Å². The van der Waals surface area contributed by atoms with Crippen LogP contribution in [0.15, 0.2) is 66.7 Å². The van der Waals surface area contributed by atoms with Crippen molar-refractivity contribution in [3.8, 4) is 17.1 Å². The van der Waals surface area contributed by atoms with Crippen molar-refractivity contribution in [2.24, 2.45) is 5.73 Å². The van der Waals surface area contributed by atoms with Crippen LogP contribution in [0.4, 0.5) is 5.82 Å². The Kier molecular flexibility index (Phi) is 5.07. The van der Waals surface area contributed by atoms with Gasteiger partial charge in [-0.25, -0.2) is 9.97 Å². The first-order valence-corrected chi connectivity index (χ1v) is 10.4. The fraction of sp³-hybridized carbons (Fsp3) is 0.250. The average molecular weight is 399 g/mol. The van der Waals surface area contributed by atoms with Crippen LogP contribution in [0.5, 0.6) is 5.75 Å². The summed E-state index contributed by atoms with van der Waals surface area (Å²) in [6.45, 7) is 2.45. The van der Waals surface area contributed by atoms with E-state index in [0.717, 1.165) is 65.6 Å². The summed E-state index contributed by atoms with van der Waals surface area (Å²) >= 11 is 0. The van der Waals surface area contributed by atoms with E-state index < -0.39 is 0 Å². The van der Waals surface area contributed by atoms with E-state index in [4.69, 9.17) is 20.4 Å². The van der Waals surface area contributed by atoms with Crippen molar-refractivity contribution in [1.82, 2.24) is 15.0 Å². The number of nitrogens with two attached hydrogens (primary N) is 1. The molecule has 0 unspecified atom stereocenters. The molecule has 0 radical (unpaired) electrons. The summed E-state index contributed by atoms with van der Waals surface area (Å²) in [5, 5.41) is 0. The Balaban J connectivity index is 1.30. The second-order valence-electron chi connectivity index (χ2n) is 7.75. The Labute approximate surface area is 175 Å². The average Bonchev–Trinajstić information content (AvgIpc) is 3.23. The lowest BCUT2D eigenvalue weighted by Crippen LogP contribution is -2.40. The standard InChI is InChI=1S/C24H25N5O/c25-19-12-14-29(15-13-19)22-11-10-21-24(27-22)28-23(26-21)18-6-8-20(9-7-18)30-16-17-4-2-1-3-5-17/h1-11,19H,12-16,25H2,(H,26,27,28). The molecule has 0 aliphatic carbocycles. The quantitative estimate of drug-likeness (QED) is 0.527. The van der Waals surface area contributed by atoms with Crippen LogP contribution >= 0.6 is 0 Å². The molecule has 2 aromatic carbocycles. The predicted molar refractivity (Wildman–Crippen MR) is 120 cm³/mol. The maximum absolute atomic E-state index is 6.02. The SMILES string of the molecule is NC1CCN(c2ccc3[nH]c(-c4ccc(OCc5ccccc5)cc4)nc3n2)CC1. The summed E-state index contributed by atoms with van der Waals surface area (Å²) in [6, 6.07) is 22.6. The summed E-state index contributed by atoms with van der Waals surface area (Å²) in [5.41, 5.74) is 9.85. The smallest absolute Gasteiger partial charge is 0.180 e. The summed E-state index contributed by atoms with van der Waals surface area (Å²) in [6.07, 6.45) is 2.01. The molecule has 1 saturated heterocycles. The second kappa shape index (κ2) is 8.16. The lowest BCUT2D eigenvalue weighted by molar-refractivity contribution is 0.306. The number of imidazole rings is 1. The van der Waals surface area contributed by atoms with E-state index in [1.807, 2.05) is 42.5 Å². The molecule has 0 saturated carbocycles. The molecule has 0 spiro atoms. The van der Waals surface area contributed by atoms with Gasteiger partial charge in [0.25, 0.3) is 0 Å². The Morgan fingerprint density at radius 3 is 2.47 bits per heavy atom. The fourth-order valence-corrected chi connectivity index (χ4v) is 3.77. The highest BCUT2D eigenvalue weighted by Crippen LogP contribution is 2.25. The zero-order valence-electron chi connectivity index (χ0n) is 16.8. The topological polar surface area (TPSA) is 80.1 Å². The monoisotopic (exact) mass is 399 g/mol. The Hall–Kier alpha value is -3.38. The summed E-state index contributed by atoms with van der Waals surface area (Å²) < 4.78 is 5.87. The van der Waals surface area contributed by atoms with Gasteiger partial charge in [0, 0.05) is 24.7 Å². The van der Waals surface area contributed by atoms with E-state index in [2.05, 4.69) is 34.1 Å². The van der Waals surface area contributed by atoms with Gasteiger partial charge in [-0.15, -0.1) is 0 Å². The number of rotatable bonds is 5. The summed E-state index contributed by atoms with van der Waals surface area (Å²) in [5.74, 6) is 2.62.